The standard InChI is InChI=1S/C23H28FNO4/c1-4-5-6-9-14-25-23(27)29-21-11-8-7-10-19(21)18-13-12-17(15-20(18)24)16(2)22(26)28-3/h7-8,10-13,15-16H,4-6,9,14H2,1-3H3,(H,25,27). The van der Waals surface area contributed by atoms with Crippen molar-refractivity contribution in [3.63, 3.8) is 0 Å². The van der Waals surface area contributed by atoms with Crippen LogP contribution >= 0.6 is 0 Å². The molecule has 0 aliphatic carbocycles. The Kier molecular flexibility index (Phi) is 8.65. The highest BCUT2D eigenvalue weighted by Gasteiger charge is 2.19. The van der Waals surface area contributed by atoms with E-state index in [0.29, 0.717) is 17.7 Å². The number of carbonyl (C=O) groups is 2. The molecule has 0 fully saturated rings. The molecule has 156 valence electrons. The number of benzene rings is 2. The Morgan fingerprint density at radius 1 is 1.07 bits per heavy atom. The first-order valence-corrected chi connectivity index (χ1v) is 9.90. The molecule has 0 aliphatic rings. The molecule has 6 heteroatoms. The fourth-order valence-electron chi connectivity index (χ4n) is 2.99. The minimum absolute atomic E-state index is 0.270. The molecule has 1 amide bonds. The monoisotopic (exact) mass is 401 g/mol. The third kappa shape index (κ3) is 6.31. The van der Waals surface area contributed by atoms with Gasteiger partial charge in [-0.15, -0.1) is 0 Å². The summed E-state index contributed by atoms with van der Waals surface area (Å²) < 4.78 is 24.9. The normalized spacial score (nSPS) is 11.6. The van der Waals surface area contributed by atoms with Gasteiger partial charge in [0.15, 0.2) is 0 Å². The van der Waals surface area contributed by atoms with Crippen LogP contribution in [0.3, 0.4) is 0 Å². The Morgan fingerprint density at radius 3 is 2.52 bits per heavy atom. The van der Waals surface area contributed by atoms with Gasteiger partial charge in [-0.25, -0.2) is 9.18 Å². The lowest BCUT2D eigenvalue weighted by atomic mass is 9.96. The molecule has 0 aromatic heterocycles. The second-order valence-electron chi connectivity index (χ2n) is 6.86. The number of esters is 1. The number of ether oxygens (including phenoxy) is 2. The van der Waals surface area contributed by atoms with Gasteiger partial charge < -0.3 is 14.8 Å². The summed E-state index contributed by atoms with van der Waals surface area (Å²) in [5, 5.41) is 2.72. The van der Waals surface area contributed by atoms with Crippen LogP contribution in [0.2, 0.25) is 0 Å². The van der Waals surface area contributed by atoms with Crippen molar-refractivity contribution in [3.8, 4) is 16.9 Å². The van der Waals surface area contributed by atoms with Crippen LogP contribution in [0.5, 0.6) is 5.75 Å². The number of nitrogens with one attached hydrogen (secondary N) is 1. The summed E-state index contributed by atoms with van der Waals surface area (Å²) in [5.41, 5.74) is 1.27. The first-order valence-electron chi connectivity index (χ1n) is 9.90. The van der Waals surface area contributed by atoms with Gasteiger partial charge in [-0.1, -0.05) is 56.5 Å². The van der Waals surface area contributed by atoms with E-state index in [1.165, 1.54) is 13.2 Å². The summed E-state index contributed by atoms with van der Waals surface area (Å²) in [6.45, 7) is 4.32. The van der Waals surface area contributed by atoms with E-state index in [1.807, 2.05) is 0 Å². The number of unbranched alkanes of at least 4 members (excludes halogenated alkanes) is 3. The van der Waals surface area contributed by atoms with E-state index in [4.69, 9.17) is 9.47 Å². The zero-order valence-electron chi connectivity index (χ0n) is 17.2. The van der Waals surface area contributed by atoms with Crippen LogP contribution in [0.15, 0.2) is 42.5 Å². The molecular weight excluding hydrogens is 373 g/mol. The molecule has 0 heterocycles. The highest BCUT2D eigenvalue weighted by atomic mass is 19.1. The van der Waals surface area contributed by atoms with Gasteiger partial charge >= 0.3 is 12.1 Å². The van der Waals surface area contributed by atoms with E-state index in [-0.39, 0.29) is 11.3 Å². The third-order valence-corrected chi connectivity index (χ3v) is 4.73. The number of methoxy groups -OCH3 is 1. The number of carbonyl (C=O) groups excluding carboxylic acids is 2. The minimum Gasteiger partial charge on any atom is -0.469 e. The van der Waals surface area contributed by atoms with Crippen LogP contribution < -0.4 is 10.1 Å². The number of hydrogen-bond acceptors (Lipinski definition) is 4. The Labute approximate surface area is 171 Å². The predicted octanol–water partition coefficient (Wildman–Crippen LogP) is 5.44. The third-order valence-electron chi connectivity index (χ3n) is 4.73. The van der Waals surface area contributed by atoms with E-state index in [9.17, 15) is 14.0 Å². The Hall–Kier alpha value is -2.89. The number of amides is 1. The predicted molar refractivity (Wildman–Crippen MR) is 110 cm³/mol. The minimum atomic E-state index is -0.575. The van der Waals surface area contributed by atoms with E-state index in [2.05, 4.69) is 12.2 Å². The topological polar surface area (TPSA) is 64.6 Å². The van der Waals surface area contributed by atoms with Gasteiger partial charge in [0.2, 0.25) is 0 Å². The lowest BCUT2D eigenvalue weighted by molar-refractivity contribution is -0.141. The molecule has 1 atom stereocenters. The lowest BCUT2D eigenvalue weighted by Gasteiger charge is -2.14. The first-order chi connectivity index (χ1) is 14.0. The molecule has 0 spiro atoms. The molecule has 29 heavy (non-hydrogen) atoms. The Morgan fingerprint density at radius 2 is 1.83 bits per heavy atom. The fourth-order valence-corrected chi connectivity index (χ4v) is 2.99. The molecule has 2 aromatic rings. The largest absolute Gasteiger partial charge is 0.469 e. The molecule has 0 saturated carbocycles. The van der Waals surface area contributed by atoms with Gasteiger partial charge in [0.05, 0.1) is 13.0 Å². The van der Waals surface area contributed by atoms with Crippen LogP contribution in [0.1, 0.15) is 51.0 Å². The maximum Gasteiger partial charge on any atom is 0.412 e. The van der Waals surface area contributed by atoms with Gasteiger partial charge in [0.25, 0.3) is 0 Å². The summed E-state index contributed by atoms with van der Waals surface area (Å²) in [7, 11) is 1.30. The average molecular weight is 401 g/mol. The van der Waals surface area contributed by atoms with Gasteiger partial charge in [-0.05, 0) is 31.0 Å². The summed E-state index contributed by atoms with van der Waals surface area (Å²) in [6, 6.07) is 11.3. The highest BCUT2D eigenvalue weighted by molar-refractivity contribution is 5.79. The molecule has 5 nitrogen and oxygen atoms in total. The smallest absolute Gasteiger partial charge is 0.412 e. The Bertz CT molecular complexity index is 837. The first kappa shape index (κ1) is 22.4. The summed E-state index contributed by atoms with van der Waals surface area (Å²) in [5.74, 6) is -1.24. The number of halogens is 1. The fraction of sp³-hybridized carbons (Fsp3) is 0.391. The van der Waals surface area contributed by atoms with E-state index >= 15 is 0 Å². The van der Waals surface area contributed by atoms with E-state index < -0.39 is 23.8 Å². The van der Waals surface area contributed by atoms with Crippen molar-refractivity contribution in [1.82, 2.24) is 5.32 Å². The van der Waals surface area contributed by atoms with Crippen molar-refractivity contribution in [3.05, 3.63) is 53.8 Å². The number of hydrogen-bond donors (Lipinski definition) is 1. The summed E-state index contributed by atoms with van der Waals surface area (Å²) in [4.78, 5) is 23.8. The van der Waals surface area contributed by atoms with Crippen LogP contribution in [0, 0.1) is 5.82 Å². The molecule has 1 unspecified atom stereocenters. The van der Waals surface area contributed by atoms with Crippen LogP contribution in [0.25, 0.3) is 11.1 Å². The van der Waals surface area contributed by atoms with Crippen LogP contribution in [-0.2, 0) is 9.53 Å². The molecular formula is C23H28FNO4. The maximum absolute atomic E-state index is 14.8. The lowest BCUT2D eigenvalue weighted by Crippen LogP contribution is -2.27. The van der Waals surface area contributed by atoms with Crippen molar-refractivity contribution in [2.75, 3.05) is 13.7 Å². The van der Waals surface area contributed by atoms with Crippen LogP contribution in [-0.4, -0.2) is 25.7 Å². The molecule has 0 saturated heterocycles. The second-order valence-corrected chi connectivity index (χ2v) is 6.86. The van der Waals surface area contributed by atoms with E-state index in [0.717, 1.165) is 25.7 Å². The SMILES string of the molecule is CCCCCCNC(=O)Oc1ccccc1-c1ccc(C(C)C(=O)OC)cc1F. The van der Waals surface area contributed by atoms with Crippen molar-refractivity contribution >= 4 is 12.1 Å². The molecule has 0 bridgehead atoms. The summed E-state index contributed by atoms with van der Waals surface area (Å²) >= 11 is 0. The van der Waals surface area contributed by atoms with E-state index in [1.54, 1.807) is 43.3 Å². The van der Waals surface area contributed by atoms with Crippen molar-refractivity contribution < 1.29 is 23.5 Å². The van der Waals surface area contributed by atoms with Crippen LogP contribution in [0.4, 0.5) is 9.18 Å². The van der Waals surface area contributed by atoms with Gasteiger partial charge in [0, 0.05) is 17.7 Å². The molecule has 0 radical (unpaired) electrons. The van der Waals surface area contributed by atoms with Gasteiger partial charge in [-0.2, -0.15) is 0 Å². The number of rotatable bonds is 9. The molecule has 2 aromatic carbocycles. The maximum atomic E-state index is 14.8. The van der Waals surface area contributed by atoms with Crippen molar-refractivity contribution in [2.45, 2.75) is 45.4 Å². The molecule has 0 aliphatic heterocycles. The number of para-hydroxylation sites is 1. The van der Waals surface area contributed by atoms with Gasteiger partial charge in [0.1, 0.15) is 11.6 Å². The summed E-state index contributed by atoms with van der Waals surface area (Å²) in [6.07, 6.45) is 3.63. The quantitative estimate of drug-likeness (QED) is 0.449. The van der Waals surface area contributed by atoms with Crippen molar-refractivity contribution in [1.29, 1.82) is 0 Å². The molecule has 1 N–H and O–H groups in total. The molecule has 2 rings (SSSR count). The average Bonchev–Trinajstić information content (AvgIpc) is 2.73. The highest BCUT2D eigenvalue weighted by Crippen LogP contribution is 2.33. The van der Waals surface area contributed by atoms with Crippen molar-refractivity contribution in [2.24, 2.45) is 0 Å². The zero-order valence-corrected chi connectivity index (χ0v) is 17.2. The second kappa shape index (κ2) is 11.2. The Balaban J connectivity index is 2.13. The zero-order chi connectivity index (χ0) is 21.2. The van der Waals surface area contributed by atoms with Gasteiger partial charge in [-0.3, -0.25) is 4.79 Å².